The largest absolute Gasteiger partial charge is 0.352 e. The van der Waals surface area contributed by atoms with Crippen molar-refractivity contribution in [2.24, 2.45) is 0 Å². The zero-order valence-corrected chi connectivity index (χ0v) is 12.3. The first-order valence-electron chi connectivity index (χ1n) is 7.16. The maximum atomic E-state index is 11.7. The van der Waals surface area contributed by atoms with Crippen molar-refractivity contribution in [3.05, 3.63) is 65.5 Å². The van der Waals surface area contributed by atoms with Gasteiger partial charge in [0.1, 0.15) is 0 Å². The van der Waals surface area contributed by atoms with Gasteiger partial charge >= 0.3 is 0 Å². The van der Waals surface area contributed by atoms with Gasteiger partial charge in [-0.05, 0) is 24.1 Å². The second-order valence-corrected chi connectivity index (χ2v) is 5.05. The molecule has 0 bridgehead atoms. The molecular weight excluding hydrogens is 262 g/mol. The number of benzene rings is 1. The SMILES string of the molecule is Cc1cccc(CNCCC(=O)NCc2cccnc2)c1. The number of nitrogens with one attached hydrogen (secondary N) is 2. The third-order valence-corrected chi connectivity index (χ3v) is 3.15. The summed E-state index contributed by atoms with van der Waals surface area (Å²) in [5, 5.41) is 6.17. The molecule has 0 saturated carbocycles. The summed E-state index contributed by atoms with van der Waals surface area (Å²) in [5.41, 5.74) is 3.51. The summed E-state index contributed by atoms with van der Waals surface area (Å²) < 4.78 is 0. The van der Waals surface area contributed by atoms with E-state index >= 15 is 0 Å². The average Bonchev–Trinajstić information content (AvgIpc) is 2.51. The van der Waals surface area contributed by atoms with Gasteiger partial charge < -0.3 is 10.6 Å². The number of carbonyl (C=O) groups is 1. The molecule has 0 aliphatic heterocycles. The lowest BCUT2D eigenvalue weighted by atomic mass is 10.1. The first kappa shape index (κ1) is 15.2. The van der Waals surface area contributed by atoms with Crippen LogP contribution < -0.4 is 10.6 Å². The molecular formula is C17H21N3O. The van der Waals surface area contributed by atoms with Gasteiger partial charge in [-0.15, -0.1) is 0 Å². The normalized spacial score (nSPS) is 10.3. The molecule has 1 aromatic carbocycles. The van der Waals surface area contributed by atoms with E-state index in [2.05, 4.69) is 40.7 Å². The highest BCUT2D eigenvalue weighted by atomic mass is 16.1. The molecule has 1 aromatic heterocycles. The summed E-state index contributed by atoms with van der Waals surface area (Å²) in [6, 6.07) is 12.2. The quantitative estimate of drug-likeness (QED) is 0.766. The van der Waals surface area contributed by atoms with E-state index in [1.807, 2.05) is 18.2 Å². The first-order chi connectivity index (χ1) is 10.2. The van der Waals surface area contributed by atoms with Crippen LogP contribution in [0.3, 0.4) is 0 Å². The number of pyridine rings is 1. The number of nitrogens with zero attached hydrogens (tertiary/aromatic N) is 1. The third-order valence-electron chi connectivity index (χ3n) is 3.15. The highest BCUT2D eigenvalue weighted by molar-refractivity contribution is 5.76. The summed E-state index contributed by atoms with van der Waals surface area (Å²) in [7, 11) is 0. The molecule has 4 heteroatoms. The van der Waals surface area contributed by atoms with Crippen LogP contribution in [-0.2, 0) is 17.9 Å². The number of hydrogen-bond acceptors (Lipinski definition) is 3. The standard InChI is InChI=1S/C17H21N3O/c1-14-4-2-5-15(10-14)11-19-9-7-17(21)20-13-16-6-3-8-18-12-16/h2-6,8,10,12,19H,7,9,11,13H2,1H3,(H,20,21). The highest BCUT2D eigenvalue weighted by Gasteiger charge is 2.01. The van der Waals surface area contributed by atoms with Crippen molar-refractivity contribution in [3.8, 4) is 0 Å². The summed E-state index contributed by atoms with van der Waals surface area (Å²) in [6.07, 6.45) is 3.96. The predicted octanol–water partition coefficient (Wildman–Crippen LogP) is 2.19. The lowest BCUT2D eigenvalue weighted by molar-refractivity contribution is -0.121. The van der Waals surface area contributed by atoms with Crippen LogP contribution in [0, 0.1) is 6.92 Å². The minimum absolute atomic E-state index is 0.0515. The van der Waals surface area contributed by atoms with Crippen LogP contribution in [0.1, 0.15) is 23.1 Å². The Morgan fingerprint density at radius 1 is 1.14 bits per heavy atom. The van der Waals surface area contributed by atoms with Crippen molar-refractivity contribution >= 4 is 5.91 Å². The minimum atomic E-state index is 0.0515. The van der Waals surface area contributed by atoms with E-state index in [0.717, 1.165) is 12.1 Å². The number of rotatable bonds is 7. The predicted molar refractivity (Wildman–Crippen MR) is 83.6 cm³/mol. The second-order valence-electron chi connectivity index (χ2n) is 5.05. The summed E-state index contributed by atoms with van der Waals surface area (Å²) in [4.78, 5) is 15.7. The van der Waals surface area contributed by atoms with E-state index in [9.17, 15) is 4.79 Å². The highest BCUT2D eigenvalue weighted by Crippen LogP contribution is 2.03. The van der Waals surface area contributed by atoms with Gasteiger partial charge in [-0.25, -0.2) is 0 Å². The fourth-order valence-corrected chi connectivity index (χ4v) is 2.05. The molecule has 0 aliphatic rings. The Kier molecular flexibility index (Phi) is 5.91. The fourth-order valence-electron chi connectivity index (χ4n) is 2.05. The lowest BCUT2D eigenvalue weighted by Crippen LogP contribution is -2.27. The molecule has 2 rings (SSSR count). The van der Waals surface area contributed by atoms with E-state index in [-0.39, 0.29) is 5.91 Å². The van der Waals surface area contributed by atoms with E-state index in [1.54, 1.807) is 12.4 Å². The van der Waals surface area contributed by atoms with Gasteiger partial charge in [0.15, 0.2) is 0 Å². The Labute approximate surface area is 125 Å². The van der Waals surface area contributed by atoms with Crippen LogP contribution in [0.2, 0.25) is 0 Å². The smallest absolute Gasteiger partial charge is 0.221 e. The maximum absolute atomic E-state index is 11.7. The van der Waals surface area contributed by atoms with Crippen molar-refractivity contribution in [2.75, 3.05) is 6.54 Å². The molecule has 0 fully saturated rings. The fraction of sp³-hybridized carbons (Fsp3) is 0.294. The summed E-state index contributed by atoms with van der Waals surface area (Å²) in [6.45, 7) is 4.07. The molecule has 21 heavy (non-hydrogen) atoms. The third kappa shape index (κ3) is 5.75. The zero-order valence-electron chi connectivity index (χ0n) is 12.3. The second kappa shape index (κ2) is 8.17. The average molecular weight is 283 g/mol. The Hall–Kier alpha value is -2.20. The van der Waals surface area contributed by atoms with E-state index in [4.69, 9.17) is 0 Å². The van der Waals surface area contributed by atoms with Crippen molar-refractivity contribution in [1.82, 2.24) is 15.6 Å². The van der Waals surface area contributed by atoms with Gasteiger partial charge in [0, 0.05) is 38.4 Å². The number of hydrogen-bond donors (Lipinski definition) is 2. The number of aromatic nitrogens is 1. The van der Waals surface area contributed by atoms with Crippen LogP contribution in [0.5, 0.6) is 0 Å². The van der Waals surface area contributed by atoms with Crippen molar-refractivity contribution in [3.63, 3.8) is 0 Å². The van der Waals surface area contributed by atoms with Gasteiger partial charge in [-0.2, -0.15) is 0 Å². The van der Waals surface area contributed by atoms with Gasteiger partial charge in [0.2, 0.25) is 5.91 Å². The number of aryl methyl sites for hydroxylation is 1. The van der Waals surface area contributed by atoms with Gasteiger partial charge in [-0.3, -0.25) is 9.78 Å². The molecule has 2 N–H and O–H groups in total. The van der Waals surface area contributed by atoms with E-state index in [0.29, 0.717) is 19.5 Å². The molecule has 0 atom stereocenters. The van der Waals surface area contributed by atoms with Gasteiger partial charge in [0.25, 0.3) is 0 Å². The topological polar surface area (TPSA) is 54.0 Å². The molecule has 4 nitrogen and oxygen atoms in total. The molecule has 110 valence electrons. The number of amides is 1. The van der Waals surface area contributed by atoms with E-state index < -0.39 is 0 Å². The van der Waals surface area contributed by atoms with E-state index in [1.165, 1.54) is 11.1 Å². The summed E-state index contributed by atoms with van der Waals surface area (Å²) in [5.74, 6) is 0.0515. The van der Waals surface area contributed by atoms with Crippen molar-refractivity contribution in [1.29, 1.82) is 0 Å². The molecule has 0 unspecified atom stereocenters. The zero-order chi connectivity index (χ0) is 14.9. The molecule has 0 saturated heterocycles. The Morgan fingerprint density at radius 3 is 2.76 bits per heavy atom. The number of carbonyl (C=O) groups excluding carboxylic acids is 1. The Morgan fingerprint density at radius 2 is 2.00 bits per heavy atom. The van der Waals surface area contributed by atoms with Gasteiger partial charge in [0.05, 0.1) is 0 Å². The minimum Gasteiger partial charge on any atom is -0.352 e. The Bertz CT molecular complexity index is 569. The monoisotopic (exact) mass is 283 g/mol. The van der Waals surface area contributed by atoms with Gasteiger partial charge in [-0.1, -0.05) is 35.9 Å². The molecule has 1 heterocycles. The molecule has 2 aromatic rings. The maximum Gasteiger partial charge on any atom is 0.221 e. The molecule has 0 radical (unpaired) electrons. The lowest BCUT2D eigenvalue weighted by Gasteiger charge is -2.07. The van der Waals surface area contributed by atoms with Crippen LogP contribution in [-0.4, -0.2) is 17.4 Å². The van der Waals surface area contributed by atoms with Crippen LogP contribution in [0.15, 0.2) is 48.8 Å². The summed E-state index contributed by atoms with van der Waals surface area (Å²) >= 11 is 0. The molecule has 0 aliphatic carbocycles. The molecule has 0 spiro atoms. The van der Waals surface area contributed by atoms with Crippen LogP contribution >= 0.6 is 0 Å². The first-order valence-corrected chi connectivity index (χ1v) is 7.16. The van der Waals surface area contributed by atoms with Crippen molar-refractivity contribution in [2.45, 2.75) is 26.4 Å². The van der Waals surface area contributed by atoms with Crippen LogP contribution in [0.25, 0.3) is 0 Å². The van der Waals surface area contributed by atoms with Crippen molar-refractivity contribution < 1.29 is 4.79 Å². The Balaban J connectivity index is 1.61. The van der Waals surface area contributed by atoms with Crippen LogP contribution in [0.4, 0.5) is 0 Å². The molecule has 1 amide bonds.